The van der Waals surface area contributed by atoms with Crippen LogP contribution < -0.4 is 4.90 Å². The number of anilines is 3. The summed E-state index contributed by atoms with van der Waals surface area (Å²) in [5, 5.41) is 0. The fourth-order valence-corrected chi connectivity index (χ4v) is 10.9. The average Bonchev–Trinajstić information content (AvgIpc) is 3.86. The molecule has 0 aliphatic heterocycles. The molecule has 9 aromatic rings. The van der Waals surface area contributed by atoms with Gasteiger partial charge in [0.25, 0.3) is 0 Å². The molecule has 0 bridgehead atoms. The molecule has 1 heteroatoms. The monoisotopic (exact) mass is 751 g/mol. The molecule has 278 valence electrons. The van der Waals surface area contributed by atoms with Gasteiger partial charge in [-0.05, 0) is 120 Å². The summed E-state index contributed by atoms with van der Waals surface area (Å²) in [7, 11) is 0. The van der Waals surface area contributed by atoms with Crippen LogP contribution in [0.25, 0.3) is 55.6 Å². The summed E-state index contributed by atoms with van der Waals surface area (Å²) in [4.78, 5) is 2.47. The third kappa shape index (κ3) is 4.73. The summed E-state index contributed by atoms with van der Waals surface area (Å²) in [6, 6.07) is 79.1. The van der Waals surface area contributed by atoms with E-state index in [2.05, 4.69) is 231 Å². The van der Waals surface area contributed by atoms with Gasteiger partial charge in [-0.2, -0.15) is 0 Å². The molecule has 3 aliphatic carbocycles. The lowest BCUT2D eigenvalue weighted by Crippen LogP contribution is -2.26. The van der Waals surface area contributed by atoms with Crippen LogP contribution in [0.4, 0.5) is 17.1 Å². The third-order valence-electron chi connectivity index (χ3n) is 13.5. The van der Waals surface area contributed by atoms with Crippen LogP contribution in [0.15, 0.2) is 212 Å². The Labute approximate surface area is 346 Å². The van der Waals surface area contributed by atoms with E-state index >= 15 is 0 Å². The predicted molar refractivity (Wildman–Crippen MR) is 246 cm³/mol. The first kappa shape index (κ1) is 33.9. The largest absolute Gasteiger partial charge is 0.310 e. The summed E-state index contributed by atoms with van der Waals surface area (Å²) < 4.78 is 0. The van der Waals surface area contributed by atoms with E-state index in [9.17, 15) is 0 Å². The molecule has 1 spiro atoms. The van der Waals surface area contributed by atoms with Crippen LogP contribution in [-0.4, -0.2) is 0 Å². The van der Waals surface area contributed by atoms with E-state index in [1.807, 2.05) is 0 Å². The van der Waals surface area contributed by atoms with Crippen LogP contribution in [0.3, 0.4) is 0 Å². The van der Waals surface area contributed by atoms with Crippen molar-refractivity contribution in [3.63, 3.8) is 0 Å². The van der Waals surface area contributed by atoms with Crippen molar-refractivity contribution in [1.82, 2.24) is 0 Å². The standard InChI is InChI=1S/C58H41N/c1-57(2)49-21-10-6-19-46(49)48-37-41(31-36-50(48)57)40-29-34-43(35-30-40)59(42-32-27-39(28-33-42)38-15-4-3-5-16-38)55-26-14-25-54-56(55)47-20-9-13-24-53(47)58(54)51-22-11-7-17-44(51)45-18-8-12-23-52(45)58/h3-37H,1-2H3. The molecule has 0 saturated heterocycles. The molecule has 0 unspecified atom stereocenters. The highest BCUT2D eigenvalue weighted by atomic mass is 15.1. The topological polar surface area (TPSA) is 3.24 Å². The van der Waals surface area contributed by atoms with Gasteiger partial charge in [0.15, 0.2) is 0 Å². The second-order valence-corrected chi connectivity index (χ2v) is 16.8. The Morgan fingerprint density at radius 3 is 1.34 bits per heavy atom. The van der Waals surface area contributed by atoms with E-state index in [1.165, 1.54) is 94.7 Å². The summed E-state index contributed by atoms with van der Waals surface area (Å²) >= 11 is 0. The second-order valence-electron chi connectivity index (χ2n) is 16.8. The number of rotatable bonds is 5. The zero-order chi connectivity index (χ0) is 39.3. The molecule has 0 saturated carbocycles. The van der Waals surface area contributed by atoms with Gasteiger partial charge in [0.05, 0.1) is 11.1 Å². The molecule has 59 heavy (non-hydrogen) atoms. The Balaban J connectivity index is 1.04. The zero-order valence-corrected chi connectivity index (χ0v) is 33.2. The first-order valence-corrected chi connectivity index (χ1v) is 20.8. The maximum Gasteiger partial charge on any atom is 0.0726 e. The van der Waals surface area contributed by atoms with E-state index in [4.69, 9.17) is 0 Å². The molecule has 0 heterocycles. The van der Waals surface area contributed by atoms with Crippen molar-refractivity contribution in [2.45, 2.75) is 24.7 Å². The first-order chi connectivity index (χ1) is 29.0. The number of fused-ring (bicyclic) bond motifs is 13. The predicted octanol–water partition coefficient (Wildman–Crippen LogP) is 15.1. The minimum Gasteiger partial charge on any atom is -0.310 e. The molecule has 0 amide bonds. The van der Waals surface area contributed by atoms with E-state index in [1.54, 1.807) is 0 Å². The molecule has 3 aliphatic rings. The Morgan fingerprint density at radius 2 is 0.729 bits per heavy atom. The summed E-state index contributed by atoms with van der Waals surface area (Å²) in [5.74, 6) is 0. The molecule has 9 aromatic carbocycles. The van der Waals surface area contributed by atoms with E-state index < -0.39 is 5.41 Å². The van der Waals surface area contributed by atoms with Crippen LogP contribution in [0, 0.1) is 0 Å². The van der Waals surface area contributed by atoms with Gasteiger partial charge in [-0.15, -0.1) is 0 Å². The molecule has 0 radical (unpaired) electrons. The van der Waals surface area contributed by atoms with Crippen molar-refractivity contribution >= 4 is 17.1 Å². The fourth-order valence-electron chi connectivity index (χ4n) is 10.9. The van der Waals surface area contributed by atoms with E-state index in [0.717, 1.165) is 11.4 Å². The number of benzene rings is 9. The lowest BCUT2D eigenvalue weighted by molar-refractivity contribution is 0.660. The Hall–Kier alpha value is -7.22. The molecular formula is C58H41N. The fraction of sp³-hybridized carbons (Fsp3) is 0.0690. The third-order valence-corrected chi connectivity index (χ3v) is 13.5. The average molecular weight is 752 g/mol. The van der Waals surface area contributed by atoms with Crippen molar-refractivity contribution in [3.8, 4) is 55.6 Å². The maximum atomic E-state index is 2.47. The minimum atomic E-state index is -0.414. The van der Waals surface area contributed by atoms with E-state index in [0.29, 0.717) is 0 Å². The summed E-state index contributed by atoms with van der Waals surface area (Å²) in [6.45, 7) is 4.69. The Kier molecular flexibility index (Phi) is 7.26. The van der Waals surface area contributed by atoms with Gasteiger partial charge >= 0.3 is 0 Å². The van der Waals surface area contributed by atoms with Gasteiger partial charge in [-0.1, -0.05) is 190 Å². The highest BCUT2D eigenvalue weighted by Gasteiger charge is 2.52. The van der Waals surface area contributed by atoms with Crippen molar-refractivity contribution < 1.29 is 0 Å². The molecule has 0 atom stereocenters. The summed E-state index contributed by atoms with van der Waals surface area (Å²) in [6.07, 6.45) is 0. The lowest BCUT2D eigenvalue weighted by atomic mass is 9.70. The maximum absolute atomic E-state index is 2.47. The van der Waals surface area contributed by atoms with Crippen LogP contribution in [0.5, 0.6) is 0 Å². The Bertz CT molecular complexity index is 3070. The van der Waals surface area contributed by atoms with Crippen molar-refractivity contribution in [3.05, 3.63) is 246 Å². The molecule has 0 aromatic heterocycles. The molecule has 12 rings (SSSR count). The van der Waals surface area contributed by atoms with Crippen molar-refractivity contribution in [2.75, 3.05) is 4.90 Å². The lowest BCUT2D eigenvalue weighted by Gasteiger charge is -2.32. The smallest absolute Gasteiger partial charge is 0.0726 e. The minimum absolute atomic E-state index is 0.0132. The highest BCUT2D eigenvalue weighted by molar-refractivity contribution is 6.01. The van der Waals surface area contributed by atoms with Gasteiger partial charge in [-0.3, -0.25) is 0 Å². The zero-order valence-electron chi connectivity index (χ0n) is 33.2. The molecule has 0 fully saturated rings. The van der Waals surface area contributed by atoms with Gasteiger partial charge in [0.1, 0.15) is 0 Å². The molecular weight excluding hydrogens is 711 g/mol. The number of hydrogen-bond acceptors (Lipinski definition) is 1. The van der Waals surface area contributed by atoms with Crippen molar-refractivity contribution in [1.29, 1.82) is 0 Å². The van der Waals surface area contributed by atoms with Crippen molar-refractivity contribution in [2.24, 2.45) is 0 Å². The normalized spacial score (nSPS) is 14.2. The SMILES string of the molecule is CC1(C)c2ccccc2-c2cc(-c3ccc(N(c4ccc(-c5ccccc5)cc4)c4cccc5c4-c4ccccc4C54c5ccccc5-c5ccccc54)cc3)ccc21. The van der Waals surface area contributed by atoms with Crippen LogP contribution in [-0.2, 0) is 10.8 Å². The van der Waals surface area contributed by atoms with Crippen LogP contribution in [0.1, 0.15) is 47.2 Å². The second kappa shape index (κ2) is 12.6. The van der Waals surface area contributed by atoms with Gasteiger partial charge in [0.2, 0.25) is 0 Å². The van der Waals surface area contributed by atoms with Gasteiger partial charge in [-0.25, -0.2) is 0 Å². The van der Waals surface area contributed by atoms with Crippen LogP contribution in [0.2, 0.25) is 0 Å². The number of nitrogens with zero attached hydrogens (tertiary/aromatic N) is 1. The Morgan fingerprint density at radius 1 is 0.305 bits per heavy atom. The molecule has 0 N–H and O–H groups in total. The molecule has 1 nitrogen and oxygen atoms in total. The highest BCUT2D eigenvalue weighted by Crippen LogP contribution is 2.64. The van der Waals surface area contributed by atoms with Crippen LogP contribution >= 0.6 is 0 Å². The van der Waals surface area contributed by atoms with Gasteiger partial charge < -0.3 is 4.90 Å². The summed E-state index contributed by atoms with van der Waals surface area (Å²) in [5.41, 5.74) is 23.9. The quantitative estimate of drug-likeness (QED) is 0.169. The van der Waals surface area contributed by atoms with E-state index in [-0.39, 0.29) is 5.41 Å². The first-order valence-electron chi connectivity index (χ1n) is 20.8. The number of hydrogen-bond donors (Lipinski definition) is 0. The van der Waals surface area contributed by atoms with Gasteiger partial charge in [0, 0.05) is 22.4 Å².